The van der Waals surface area contributed by atoms with E-state index in [-0.39, 0.29) is 0 Å². The first-order valence-corrected chi connectivity index (χ1v) is 20.6. The van der Waals surface area contributed by atoms with Crippen molar-refractivity contribution in [3.63, 3.8) is 0 Å². The molecule has 12 aromatic rings. The van der Waals surface area contributed by atoms with Crippen molar-refractivity contribution in [2.45, 2.75) is 0 Å². The van der Waals surface area contributed by atoms with E-state index in [0.29, 0.717) is 5.89 Å². The standard InChI is InChI=1S/C57H36N2O2/c1-3-13-37(14-4-1)38-23-28-43(29-24-38)59(42-16-5-2-6-17-42)44-30-25-39(26-31-44)55-46-18-8-7-15-40(46)36-54-56(55)50-35-41(27-34-52(50)60-54)45-32-33-49(48-20-10-9-19-47(45)48)57-58-51-21-11-12-22-53(51)61-57/h1-36H. The van der Waals surface area contributed by atoms with E-state index in [1.165, 1.54) is 16.5 Å². The van der Waals surface area contributed by atoms with E-state index in [1.54, 1.807) is 0 Å². The topological polar surface area (TPSA) is 42.4 Å². The molecule has 0 saturated heterocycles. The van der Waals surface area contributed by atoms with Crippen LogP contribution in [0.15, 0.2) is 227 Å². The third-order valence-electron chi connectivity index (χ3n) is 11.9. The van der Waals surface area contributed by atoms with Gasteiger partial charge in [0.2, 0.25) is 5.89 Å². The summed E-state index contributed by atoms with van der Waals surface area (Å²) in [5.74, 6) is 0.621. The zero-order chi connectivity index (χ0) is 40.3. The minimum absolute atomic E-state index is 0.621. The lowest BCUT2D eigenvalue weighted by Gasteiger charge is -2.26. The fourth-order valence-electron chi connectivity index (χ4n) is 9.03. The van der Waals surface area contributed by atoms with Crippen LogP contribution in [0.2, 0.25) is 0 Å². The molecule has 61 heavy (non-hydrogen) atoms. The fourth-order valence-corrected chi connectivity index (χ4v) is 9.03. The number of para-hydroxylation sites is 3. The van der Waals surface area contributed by atoms with E-state index >= 15 is 0 Å². The van der Waals surface area contributed by atoms with Gasteiger partial charge in [-0.05, 0) is 122 Å². The van der Waals surface area contributed by atoms with E-state index in [9.17, 15) is 0 Å². The van der Waals surface area contributed by atoms with Crippen molar-refractivity contribution >= 4 is 71.6 Å². The van der Waals surface area contributed by atoms with E-state index in [2.05, 4.69) is 199 Å². The van der Waals surface area contributed by atoms with Gasteiger partial charge >= 0.3 is 0 Å². The van der Waals surface area contributed by atoms with Gasteiger partial charge in [-0.1, -0.05) is 146 Å². The first-order chi connectivity index (χ1) is 30.2. The van der Waals surface area contributed by atoms with Gasteiger partial charge in [0, 0.05) is 39.0 Å². The van der Waals surface area contributed by atoms with Crippen molar-refractivity contribution in [1.29, 1.82) is 0 Å². The van der Waals surface area contributed by atoms with E-state index < -0.39 is 0 Å². The van der Waals surface area contributed by atoms with E-state index in [4.69, 9.17) is 13.8 Å². The molecule has 0 radical (unpaired) electrons. The van der Waals surface area contributed by atoms with Crippen LogP contribution in [0, 0.1) is 0 Å². The van der Waals surface area contributed by atoms with Gasteiger partial charge in [-0.15, -0.1) is 0 Å². The van der Waals surface area contributed by atoms with Crippen LogP contribution in [0.1, 0.15) is 0 Å². The van der Waals surface area contributed by atoms with E-state index in [0.717, 1.165) is 94.1 Å². The molecule has 4 heteroatoms. The van der Waals surface area contributed by atoms with Gasteiger partial charge < -0.3 is 13.7 Å². The summed E-state index contributed by atoms with van der Waals surface area (Å²) in [6.45, 7) is 0. The quantitative estimate of drug-likeness (QED) is 0.162. The van der Waals surface area contributed by atoms with Crippen molar-refractivity contribution in [1.82, 2.24) is 4.98 Å². The summed E-state index contributed by atoms with van der Waals surface area (Å²) in [6, 6.07) is 77.0. The maximum Gasteiger partial charge on any atom is 0.227 e. The predicted octanol–water partition coefficient (Wildman–Crippen LogP) is 16.2. The van der Waals surface area contributed by atoms with Gasteiger partial charge in [-0.3, -0.25) is 0 Å². The van der Waals surface area contributed by atoms with Crippen molar-refractivity contribution in [2.75, 3.05) is 4.90 Å². The Kier molecular flexibility index (Phi) is 8.13. The number of nitrogens with zero attached hydrogens (tertiary/aromatic N) is 2. The highest BCUT2D eigenvalue weighted by Crippen LogP contribution is 2.45. The van der Waals surface area contributed by atoms with Crippen LogP contribution in [-0.2, 0) is 0 Å². The summed E-state index contributed by atoms with van der Waals surface area (Å²) in [6.07, 6.45) is 0. The molecule has 2 heterocycles. The van der Waals surface area contributed by atoms with Crippen molar-refractivity contribution < 1.29 is 8.83 Å². The van der Waals surface area contributed by atoms with Crippen molar-refractivity contribution in [2.24, 2.45) is 0 Å². The minimum atomic E-state index is 0.621. The highest BCUT2D eigenvalue weighted by molar-refractivity contribution is 6.21. The second-order valence-corrected chi connectivity index (χ2v) is 15.5. The molecule has 0 unspecified atom stereocenters. The molecule has 0 N–H and O–H groups in total. The van der Waals surface area contributed by atoms with Crippen LogP contribution in [0.25, 0.3) is 99.4 Å². The third-order valence-corrected chi connectivity index (χ3v) is 11.9. The highest BCUT2D eigenvalue weighted by Gasteiger charge is 2.20. The van der Waals surface area contributed by atoms with Crippen molar-refractivity contribution in [3.05, 3.63) is 218 Å². The molecule has 0 fully saturated rings. The average molecular weight is 781 g/mol. The molecule has 0 aliphatic rings. The zero-order valence-corrected chi connectivity index (χ0v) is 33.0. The smallest absolute Gasteiger partial charge is 0.227 e. The summed E-state index contributed by atoms with van der Waals surface area (Å²) in [5.41, 5.74) is 14.5. The molecular formula is C57H36N2O2. The maximum atomic E-state index is 6.70. The first kappa shape index (κ1) is 34.8. The first-order valence-electron chi connectivity index (χ1n) is 20.6. The number of hydrogen-bond donors (Lipinski definition) is 0. The van der Waals surface area contributed by atoms with Gasteiger partial charge in [0.25, 0.3) is 0 Å². The highest BCUT2D eigenvalue weighted by atomic mass is 16.3. The summed E-state index contributed by atoms with van der Waals surface area (Å²) in [5, 5.41) is 6.72. The second-order valence-electron chi connectivity index (χ2n) is 15.5. The second kappa shape index (κ2) is 14.3. The Labute approximate surface area is 352 Å². The molecule has 0 saturated carbocycles. The lowest BCUT2D eigenvalue weighted by atomic mass is 9.91. The molecule has 0 atom stereocenters. The molecule has 0 aliphatic heterocycles. The Morgan fingerprint density at radius 3 is 1.67 bits per heavy atom. The molecule has 4 nitrogen and oxygen atoms in total. The predicted molar refractivity (Wildman–Crippen MR) is 253 cm³/mol. The van der Waals surface area contributed by atoms with Crippen LogP contribution in [0.4, 0.5) is 17.1 Å². The van der Waals surface area contributed by atoms with E-state index in [1.807, 2.05) is 24.3 Å². The Morgan fingerprint density at radius 2 is 0.918 bits per heavy atom. The third kappa shape index (κ3) is 5.96. The molecule has 10 aromatic carbocycles. The number of rotatable bonds is 7. The van der Waals surface area contributed by atoms with Gasteiger partial charge in [0.05, 0.1) is 0 Å². The van der Waals surface area contributed by atoms with Crippen LogP contribution >= 0.6 is 0 Å². The Hall–Kier alpha value is -8.21. The fraction of sp³-hybridized carbons (Fsp3) is 0. The van der Waals surface area contributed by atoms with Gasteiger partial charge in [-0.2, -0.15) is 0 Å². The molecule has 0 aliphatic carbocycles. The van der Waals surface area contributed by atoms with Gasteiger partial charge in [-0.25, -0.2) is 4.98 Å². The number of oxazole rings is 1. The normalized spacial score (nSPS) is 11.6. The Bertz CT molecular complexity index is 3540. The molecule has 0 amide bonds. The minimum Gasteiger partial charge on any atom is -0.456 e. The number of anilines is 3. The number of furan rings is 1. The lowest BCUT2D eigenvalue weighted by Crippen LogP contribution is -2.09. The van der Waals surface area contributed by atoms with Crippen LogP contribution in [0.5, 0.6) is 0 Å². The summed E-state index contributed by atoms with van der Waals surface area (Å²) >= 11 is 0. The molecule has 12 rings (SSSR count). The largest absolute Gasteiger partial charge is 0.456 e. The SMILES string of the molecule is c1ccc(-c2ccc(N(c3ccccc3)c3ccc(-c4c5ccccc5cc5oc6ccc(-c7ccc(-c8nc9ccccc9o8)c8ccccc78)cc6c45)cc3)cc2)cc1. The molecular weight excluding hydrogens is 745 g/mol. The summed E-state index contributed by atoms with van der Waals surface area (Å²) in [4.78, 5) is 7.16. The number of aromatic nitrogens is 1. The van der Waals surface area contributed by atoms with Crippen LogP contribution in [0.3, 0.4) is 0 Å². The van der Waals surface area contributed by atoms with Gasteiger partial charge in [0.15, 0.2) is 5.58 Å². The molecule has 0 bridgehead atoms. The molecule has 2 aromatic heterocycles. The monoisotopic (exact) mass is 780 g/mol. The van der Waals surface area contributed by atoms with Gasteiger partial charge in [0.1, 0.15) is 16.7 Å². The zero-order valence-electron chi connectivity index (χ0n) is 33.0. The molecule has 0 spiro atoms. The summed E-state index contributed by atoms with van der Waals surface area (Å²) in [7, 11) is 0. The number of hydrogen-bond acceptors (Lipinski definition) is 4. The summed E-state index contributed by atoms with van der Waals surface area (Å²) < 4.78 is 12.9. The number of fused-ring (bicyclic) bond motifs is 6. The Morgan fingerprint density at radius 1 is 0.344 bits per heavy atom. The lowest BCUT2D eigenvalue weighted by molar-refractivity contribution is 0.620. The number of benzene rings is 10. The van der Waals surface area contributed by atoms with Crippen LogP contribution < -0.4 is 4.90 Å². The van der Waals surface area contributed by atoms with Crippen molar-refractivity contribution in [3.8, 4) is 44.8 Å². The Balaban J connectivity index is 0.990. The average Bonchev–Trinajstić information content (AvgIpc) is 3.93. The van der Waals surface area contributed by atoms with Crippen LogP contribution in [-0.4, -0.2) is 4.98 Å². The molecule has 286 valence electrons. The maximum absolute atomic E-state index is 6.70.